The van der Waals surface area contributed by atoms with Crippen molar-refractivity contribution >= 4 is 39.1 Å². The number of esters is 1. The zero-order chi connectivity index (χ0) is 27.9. The second kappa shape index (κ2) is 10.6. The van der Waals surface area contributed by atoms with Crippen molar-refractivity contribution in [3.05, 3.63) is 81.2 Å². The molecular weight excluding hydrogens is 504 g/mol. The average Bonchev–Trinajstić information content (AvgIpc) is 3.26. The van der Waals surface area contributed by atoms with Crippen molar-refractivity contribution in [3.63, 3.8) is 0 Å². The Hall–Kier alpha value is -3.51. The highest BCUT2D eigenvalue weighted by Crippen LogP contribution is 2.44. The molecule has 0 aliphatic heterocycles. The lowest BCUT2D eigenvalue weighted by molar-refractivity contribution is 0.0526. The molecule has 2 aromatic heterocycles. The minimum Gasteiger partial charge on any atom is -0.462 e. The summed E-state index contributed by atoms with van der Waals surface area (Å²) in [7, 11) is 0. The molecule has 0 saturated carbocycles. The monoisotopic (exact) mass is 540 g/mol. The summed E-state index contributed by atoms with van der Waals surface area (Å²) < 4.78 is 5.45. The van der Waals surface area contributed by atoms with Gasteiger partial charge in [-0.3, -0.25) is 4.79 Å². The fraction of sp³-hybridized carbons (Fsp3) is 0.364. The molecule has 5 rings (SSSR count). The Balaban J connectivity index is 1.57. The number of fused-ring (bicyclic) bond motifs is 2. The molecule has 202 valence electrons. The SMILES string of the molecule is CCOC(=O)c1c(NC(=O)c2cc(-c3ccc(C)c(C)c3)nc3ccccc23)sc2c1CCC(C(C)(C)C)C2. The summed E-state index contributed by atoms with van der Waals surface area (Å²) in [4.78, 5) is 33.1. The average molecular weight is 541 g/mol. The fourth-order valence-electron chi connectivity index (χ4n) is 5.41. The quantitative estimate of drug-likeness (QED) is 0.259. The number of pyridine rings is 1. The van der Waals surface area contributed by atoms with E-state index in [0.29, 0.717) is 22.0 Å². The second-order valence-corrected chi connectivity index (χ2v) is 12.7. The van der Waals surface area contributed by atoms with Gasteiger partial charge in [0.2, 0.25) is 0 Å². The molecule has 0 radical (unpaired) electrons. The van der Waals surface area contributed by atoms with Gasteiger partial charge in [-0.2, -0.15) is 0 Å². The highest BCUT2D eigenvalue weighted by molar-refractivity contribution is 7.17. The van der Waals surface area contributed by atoms with E-state index >= 15 is 0 Å². The van der Waals surface area contributed by atoms with E-state index in [1.165, 1.54) is 27.3 Å². The predicted molar refractivity (Wildman–Crippen MR) is 160 cm³/mol. The molecule has 39 heavy (non-hydrogen) atoms. The van der Waals surface area contributed by atoms with Crippen LogP contribution >= 0.6 is 11.3 Å². The molecule has 4 aromatic rings. The molecule has 0 fully saturated rings. The number of rotatable bonds is 5. The lowest BCUT2D eigenvalue weighted by atomic mass is 9.72. The summed E-state index contributed by atoms with van der Waals surface area (Å²) in [5, 5.41) is 4.47. The van der Waals surface area contributed by atoms with Gasteiger partial charge in [0, 0.05) is 15.8 Å². The lowest BCUT2D eigenvalue weighted by Gasteiger charge is -2.33. The summed E-state index contributed by atoms with van der Waals surface area (Å²) in [6.07, 6.45) is 2.73. The summed E-state index contributed by atoms with van der Waals surface area (Å²) in [6.45, 7) is 13.1. The Labute approximate surface area is 234 Å². The van der Waals surface area contributed by atoms with Gasteiger partial charge in [-0.15, -0.1) is 11.3 Å². The van der Waals surface area contributed by atoms with Crippen molar-refractivity contribution in [2.45, 2.75) is 60.8 Å². The van der Waals surface area contributed by atoms with Gasteiger partial charge in [0.25, 0.3) is 5.91 Å². The molecule has 1 amide bonds. The van der Waals surface area contributed by atoms with E-state index in [4.69, 9.17) is 9.72 Å². The number of hydrogen-bond acceptors (Lipinski definition) is 5. The van der Waals surface area contributed by atoms with E-state index in [9.17, 15) is 9.59 Å². The van der Waals surface area contributed by atoms with Gasteiger partial charge in [-0.1, -0.05) is 51.1 Å². The van der Waals surface area contributed by atoms with E-state index in [0.717, 1.165) is 47.0 Å². The Morgan fingerprint density at radius 2 is 1.85 bits per heavy atom. The molecule has 0 bridgehead atoms. The third-order valence-corrected chi connectivity index (χ3v) is 9.13. The maximum absolute atomic E-state index is 13.9. The summed E-state index contributed by atoms with van der Waals surface area (Å²) in [5.41, 5.74) is 7.09. The molecule has 0 saturated heterocycles. The molecule has 6 heteroatoms. The molecule has 2 heterocycles. The molecular formula is C33H36N2O3S. The predicted octanol–water partition coefficient (Wildman–Crippen LogP) is 8.16. The third kappa shape index (κ3) is 5.35. The Bertz CT molecular complexity index is 1580. The molecule has 2 aromatic carbocycles. The van der Waals surface area contributed by atoms with E-state index in [-0.39, 0.29) is 23.9 Å². The standard InChI is InChI=1S/C33H36N2O3S/c1-7-38-32(37)29-24-15-14-22(33(4,5)6)17-28(24)39-31(29)35-30(36)25-18-27(21-13-12-19(2)20(3)16-21)34-26-11-9-8-10-23(25)26/h8-13,16,18,22H,7,14-15,17H2,1-6H3,(H,35,36). The molecule has 1 N–H and O–H groups in total. The third-order valence-electron chi connectivity index (χ3n) is 7.96. The number of para-hydroxylation sites is 1. The largest absolute Gasteiger partial charge is 0.462 e. The first-order valence-electron chi connectivity index (χ1n) is 13.7. The second-order valence-electron chi connectivity index (χ2n) is 11.6. The van der Waals surface area contributed by atoms with E-state index < -0.39 is 0 Å². The Morgan fingerprint density at radius 1 is 1.08 bits per heavy atom. The van der Waals surface area contributed by atoms with Gasteiger partial charge < -0.3 is 10.1 Å². The maximum Gasteiger partial charge on any atom is 0.341 e. The number of hydrogen-bond donors (Lipinski definition) is 1. The molecule has 0 spiro atoms. The van der Waals surface area contributed by atoms with Crippen LogP contribution in [-0.4, -0.2) is 23.5 Å². The van der Waals surface area contributed by atoms with Crippen LogP contribution in [0.2, 0.25) is 0 Å². The zero-order valence-electron chi connectivity index (χ0n) is 23.6. The van der Waals surface area contributed by atoms with Crippen LogP contribution < -0.4 is 5.32 Å². The van der Waals surface area contributed by atoms with Gasteiger partial charge in [0.15, 0.2) is 0 Å². The molecule has 1 atom stereocenters. The van der Waals surface area contributed by atoms with Crippen molar-refractivity contribution in [3.8, 4) is 11.3 Å². The summed E-state index contributed by atoms with van der Waals surface area (Å²) in [6, 6.07) is 15.8. The van der Waals surface area contributed by atoms with Crippen molar-refractivity contribution in [2.24, 2.45) is 11.3 Å². The Kier molecular flexibility index (Phi) is 7.34. The molecule has 1 unspecified atom stereocenters. The number of aryl methyl sites for hydroxylation is 2. The van der Waals surface area contributed by atoms with Gasteiger partial charge in [0.1, 0.15) is 5.00 Å². The molecule has 1 aliphatic rings. The first kappa shape index (κ1) is 27.1. The first-order valence-corrected chi connectivity index (χ1v) is 14.5. The van der Waals surface area contributed by atoms with Gasteiger partial charge >= 0.3 is 5.97 Å². The number of amides is 1. The normalized spacial score (nSPS) is 15.2. The van der Waals surface area contributed by atoms with Gasteiger partial charge in [-0.25, -0.2) is 9.78 Å². The minimum absolute atomic E-state index is 0.176. The number of ether oxygens (including phenoxy) is 1. The van der Waals surface area contributed by atoms with Crippen LogP contribution in [0.25, 0.3) is 22.2 Å². The number of nitrogens with zero attached hydrogens (tertiary/aromatic N) is 1. The van der Waals surface area contributed by atoms with Crippen LogP contribution in [0.4, 0.5) is 5.00 Å². The highest BCUT2D eigenvalue weighted by atomic mass is 32.1. The van der Waals surface area contributed by atoms with Crippen molar-refractivity contribution in [1.29, 1.82) is 0 Å². The molecule has 1 aliphatic carbocycles. The maximum atomic E-state index is 13.9. The van der Waals surface area contributed by atoms with Crippen LogP contribution in [0.3, 0.4) is 0 Å². The van der Waals surface area contributed by atoms with Gasteiger partial charge in [-0.05, 0) is 86.3 Å². The number of carbonyl (C=O) groups is 2. The lowest BCUT2D eigenvalue weighted by Crippen LogP contribution is -2.26. The van der Waals surface area contributed by atoms with Crippen LogP contribution in [0.1, 0.15) is 76.4 Å². The summed E-state index contributed by atoms with van der Waals surface area (Å²) in [5.74, 6) is -0.1000. The molecule has 5 nitrogen and oxygen atoms in total. The van der Waals surface area contributed by atoms with Crippen molar-refractivity contribution < 1.29 is 14.3 Å². The fourth-order valence-corrected chi connectivity index (χ4v) is 6.73. The smallest absolute Gasteiger partial charge is 0.341 e. The van der Waals surface area contributed by atoms with E-state index in [2.05, 4.69) is 52.1 Å². The number of anilines is 1. The van der Waals surface area contributed by atoms with E-state index in [1.807, 2.05) is 43.3 Å². The van der Waals surface area contributed by atoms with Crippen LogP contribution in [0.15, 0.2) is 48.5 Å². The topological polar surface area (TPSA) is 68.3 Å². The Morgan fingerprint density at radius 3 is 2.56 bits per heavy atom. The number of thiophene rings is 1. The summed E-state index contributed by atoms with van der Waals surface area (Å²) >= 11 is 1.52. The number of aromatic nitrogens is 1. The minimum atomic E-state index is -0.366. The van der Waals surface area contributed by atoms with Crippen LogP contribution in [0, 0.1) is 25.2 Å². The van der Waals surface area contributed by atoms with Crippen molar-refractivity contribution in [2.75, 3.05) is 11.9 Å². The van der Waals surface area contributed by atoms with Crippen LogP contribution in [0.5, 0.6) is 0 Å². The number of nitrogens with one attached hydrogen (secondary N) is 1. The van der Waals surface area contributed by atoms with Gasteiger partial charge in [0.05, 0.1) is 28.9 Å². The van der Waals surface area contributed by atoms with Crippen molar-refractivity contribution in [1.82, 2.24) is 4.98 Å². The number of carbonyl (C=O) groups excluding carboxylic acids is 2. The van der Waals surface area contributed by atoms with E-state index in [1.54, 1.807) is 0 Å². The van der Waals surface area contributed by atoms with Crippen LogP contribution in [-0.2, 0) is 17.6 Å². The first-order chi connectivity index (χ1) is 18.6. The highest BCUT2D eigenvalue weighted by Gasteiger charge is 2.34. The number of benzene rings is 2. The zero-order valence-corrected chi connectivity index (χ0v) is 24.4.